The van der Waals surface area contributed by atoms with Gasteiger partial charge in [-0.2, -0.15) is 0 Å². The Labute approximate surface area is 116 Å². The van der Waals surface area contributed by atoms with Crippen molar-refractivity contribution in [2.75, 3.05) is 11.9 Å². The van der Waals surface area contributed by atoms with Crippen molar-refractivity contribution in [1.82, 2.24) is 15.3 Å². The van der Waals surface area contributed by atoms with Gasteiger partial charge in [0.05, 0.1) is 17.1 Å². The fraction of sp³-hybridized carbons (Fsp3) is 0.333. The van der Waals surface area contributed by atoms with Crippen LogP contribution in [0.5, 0.6) is 0 Å². The fourth-order valence-corrected chi connectivity index (χ4v) is 2.31. The highest BCUT2D eigenvalue weighted by Crippen LogP contribution is 2.17. The number of carboxylic acid groups (broad SMARTS) is 1. The van der Waals surface area contributed by atoms with Crippen molar-refractivity contribution in [3.63, 3.8) is 0 Å². The van der Waals surface area contributed by atoms with Crippen LogP contribution >= 0.6 is 12.4 Å². The first-order valence-electron chi connectivity index (χ1n) is 5.91. The number of carbonyl (C=O) groups is 1. The molecule has 0 aliphatic carbocycles. The number of fused-ring (bicyclic) bond motifs is 1. The predicted molar refractivity (Wildman–Crippen MR) is 74.8 cm³/mol. The number of imidazole rings is 1. The van der Waals surface area contributed by atoms with Gasteiger partial charge in [-0.3, -0.25) is 4.79 Å². The van der Waals surface area contributed by atoms with Crippen LogP contribution in [-0.2, 0) is 4.79 Å². The van der Waals surface area contributed by atoms with E-state index in [0.29, 0.717) is 12.5 Å². The Kier molecular flexibility index (Phi) is 3.92. The molecule has 1 fully saturated rings. The Morgan fingerprint density at radius 3 is 2.95 bits per heavy atom. The molecule has 19 heavy (non-hydrogen) atoms. The van der Waals surface area contributed by atoms with E-state index in [-0.39, 0.29) is 18.4 Å². The van der Waals surface area contributed by atoms with Gasteiger partial charge in [-0.15, -0.1) is 12.4 Å². The van der Waals surface area contributed by atoms with Gasteiger partial charge in [0.15, 0.2) is 0 Å². The second-order valence-electron chi connectivity index (χ2n) is 4.41. The van der Waals surface area contributed by atoms with Gasteiger partial charge in [-0.25, -0.2) is 4.98 Å². The predicted octanol–water partition coefficient (Wildman–Crippen LogP) is 1.21. The van der Waals surface area contributed by atoms with Gasteiger partial charge in [0.25, 0.3) is 0 Å². The summed E-state index contributed by atoms with van der Waals surface area (Å²) in [4.78, 5) is 18.6. The average Bonchev–Trinajstić information content (AvgIpc) is 2.94. The van der Waals surface area contributed by atoms with Crippen LogP contribution in [0.15, 0.2) is 24.3 Å². The monoisotopic (exact) mass is 282 g/mol. The Bertz CT molecular complexity index is 553. The number of aromatic amines is 1. The summed E-state index contributed by atoms with van der Waals surface area (Å²) in [5.74, 6) is -0.211. The van der Waals surface area contributed by atoms with E-state index in [1.807, 2.05) is 24.3 Å². The maximum absolute atomic E-state index is 11.0. The lowest BCUT2D eigenvalue weighted by Crippen LogP contribution is -2.42. The van der Waals surface area contributed by atoms with Crippen LogP contribution in [0.4, 0.5) is 5.95 Å². The first-order chi connectivity index (χ1) is 8.74. The van der Waals surface area contributed by atoms with E-state index < -0.39 is 12.0 Å². The first-order valence-corrected chi connectivity index (χ1v) is 5.91. The standard InChI is InChI=1S/C12H14N4O2.ClH/c17-11(18)10-9(5-6-13-10)16-12-14-7-3-1-2-4-8(7)15-12;/h1-4,9-10,13H,5-6H2,(H,17,18)(H2,14,15,16);1H. The molecule has 0 radical (unpaired) electrons. The Morgan fingerprint density at radius 1 is 1.42 bits per heavy atom. The molecule has 0 saturated carbocycles. The molecular weight excluding hydrogens is 268 g/mol. The van der Waals surface area contributed by atoms with Crippen molar-refractivity contribution in [1.29, 1.82) is 0 Å². The molecule has 0 bridgehead atoms. The van der Waals surface area contributed by atoms with Crippen molar-refractivity contribution in [3.8, 4) is 0 Å². The molecule has 2 heterocycles. The van der Waals surface area contributed by atoms with Crippen molar-refractivity contribution >= 4 is 35.4 Å². The van der Waals surface area contributed by atoms with Gasteiger partial charge in [0.2, 0.25) is 5.95 Å². The van der Waals surface area contributed by atoms with Crippen LogP contribution in [0.2, 0.25) is 0 Å². The molecule has 1 aromatic carbocycles. The second kappa shape index (κ2) is 5.46. The number of anilines is 1. The smallest absolute Gasteiger partial charge is 0.322 e. The molecule has 3 rings (SSSR count). The number of nitrogens with one attached hydrogen (secondary N) is 3. The molecule has 0 spiro atoms. The van der Waals surface area contributed by atoms with Crippen molar-refractivity contribution < 1.29 is 9.90 Å². The van der Waals surface area contributed by atoms with E-state index in [9.17, 15) is 4.79 Å². The molecule has 1 aromatic heterocycles. The van der Waals surface area contributed by atoms with E-state index in [1.165, 1.54) is 0 Å². The minimum Gasteiger partial charge on any atom is -0.480 e. The molecule has 1 saturated heterocycles. The Balaban J connectivity index is 0.00000133. The fourth-order valence-electron chi connectivity index (χ4n) is 2.31. The average molecular weight is 283 g/mol. The Hall–Kier alpha value is -1.79. The SMILES string of the molecule is Cl.O=C(O)C1NCCC1Nc1nc2ccccc2[nH]1. The second-order valence-corrected chi connectivity index (χ2v) is 4.41. The largest absolute Gasteiger partial charge is 0.480 e. The lowest BCUT2D eigenvalue weighted by Gasteiger charge is -2.16. The number of nitrogens with zero attached hydrogens (tertiary/aromatic N) is 1. The molecule has 0 amide bonds. The molecule has 6 nitrogen and oxygen atoms in total. The number of halogens is 1. The number of rotatable bonds is 3. The molecule has 7 heteroatoms. The molecule has 1 aliphatic heterocycles. The highest BCUT2D eigenvalue weighted by Gasteiger charge is 2.32. The summed E-state index contributed by atoms with van der Waals surface area (Å²) in [5.41, 5.74) is 1.82. The van der Waals surface area contributed by atoms with Crippen molar-refractivity contribution in [2.45, 2.75) is 18.5 Å². The number of para-hydroxylation sites is 2. The summed E-state index contributed by atoms with van der Waals surface area (Å²) < 4.78 is 0. The summed E-state index contributed by atoms with van der Waals surface area (Å²) >= 11 is 0. The normalized spacial score (nSPS) is 22.1. The van der Waals surface area contributed by atoms with Gasteiger partial charge >= 0.3 is 5.97 Å². The van der Waals surface area contributed by atoms with Crippen molar-refractivity contribution in [3.05, 3.63) is 24.3 Å². The van der Waals surface area contributed by atoms with Crippen LogP contribution in [0.1, 0.15) is 6.42 Å². The molecular formula is C12H15ClN4O2. The summed E-state index contributed by atoms with van der Waals surface area (Å²) in [6, 6.07) is 7.01. The number of H-pyrrole nitrogens is 1. The van der Waals surface area contributed by atoms with Gasteiger partial charge in [-0.05, 0) is 25.1 Å². The minimum atomic E-state index is -0.832. The number of hydrogen-bond acceptors (Lipinski definition) is 4. The lowest BCUT2D eigenvalue weighted by atomic mass is 10.1. The number of aliphatic carboxylic acids is 1. The molecule has 2 atom stereocenters. The highest BCUT2D eigenvalue weighted by molar-refractivity contribution is 5.85. The maximum Gasteiger partial charge on any atom is 0.322 e. The van der Waals surface area contributed by atoms with E-state index >= 15 is 0 Å². The van der Waals surface area contributed by atoms with Crippen molar-refractivity contribution in [2.24, 2.45) is 0 Å². The third-order valence-corrected chi connectivity index (χ3v) is 3.20. The molecule has 2 aromatic rings. The number of aromatic nitrogens is 2. The topological polar surface area (TPSA) is 90.0 Å². The maximum atomic E-state index is 11.0. The van der Waals surface area contributed by atoms with Crippen LogP contribution in [0.25, 0.3) is 11.0 Å². The summed E-state index contributed by atoms with van der Waals surface area (Å²) in [7, 11) is 0. The summed E-state index contributed by atoms with van der Waals surface area (Å²) in [6.07, 6.45) is 0.772. The van der Waals surface area contributed by atoms with E-state index in [2.05, 4.69) is 20.6 Å². The van der Waals surface area contributed by atoms with Gasteiger partial charge in [0, 0.05) is 0 Å². The quantitative estimate of drug-likeness (QED) is 0.679. The van der Waals surface area contributed by atoms with Crippen LogP contribution in [-0.4, -0.2) is 39.7 Å². The van der Waals surface area contributed by atoms with Gasteiger partial charge in [-0.1, -0.05) is 12.1 Å². The molecule has 102 valence electrons. The van der Waals surface area contributed by atoms with Crippen LogP contribution in [0.3, 0.4) is 0 Å². The highest BCUT2D eigenvalue weighted by atomic mass is 35.5. The zero-order valence-corrected chi connectivity index (χ0v) is 10.9. The summed E-state index contributed by atoms with van der Waals surface area (Å²) in [6.45, 7) is 0.703. The first kappa shape index (κ1) is 13.6. The molecule has 2 unspecified atom stereocenters. The number of carboxylic acids is 1. The minimum absolute atomic E-state index is 0. The molecule has 1 aliphatic rings. The summed E-state index contributed by atoms with van der Waals surface area (Å²) in [5, 5.41) is 15.2. The van der Waals surface area contributed by atoms with Gasteiger partial charge < -0.3 is 20.7 Å². The lowest BCUT2D eigenvalue weighted by molar-refractivity contribution is -0.139. The number of benzene rings is 1. The van der Waals surface area contributed by atoms with Crippen LogP contribution < -0.4 is 10.6 Å². The van der Waals surface area contributed by atoms with Gasteiger partial charge in [0.1, 0.15) is 6.04 Å². The van der Waals surface area contributed by atoms with E-state index in [0.717, 1.165) is 17.5 Å². The van der Waals surface area contributed by atoms with E-state index in [4.69, 9.17) is 5.11 Å². The van der Waals surface area contributed by atoms with E-state index in [1.54, 1.807) is 0 Å². The third kappa shape index (κ3) is 2.64. The molecule has 4 N–H and O–H groups in total. The third-order valence-electron chi connectivity index (χ3n) is 3.20. The Morgan fingerprint density at radius 2 is 2.21 bits per heavy atom. The number of hydrogen-bond donors (Lipinski definition) is 4. The zero-order valence-electron chi connectivity index (χ0n) is 10.1. The van der Waals surface area contributed by atoms with Crippen LogP contribution in [0, 0.1) is 0 Å². The zero-order chi connectivity index (χ0) is 12.5.